The number of aryl methyl sites for hydroxylation is 1. The zero-order valence-corrected chi connectivity index (χ0v) is 13.5. The highest BCUT2D eigenvalue weighted by molar-refractivity contribution is 9.10. The summed E-state index contributed by atoms with van der Waals surface area (Å²) in [5.41, 5.74) is 2.66. The molecule has 0 unspecified atom stereocenters. The Kier molecular flexibility index (Phi) is 3.41. The molecule has 0 atom stereocenters. The van der Waals surface area contributed by atoms with E-state index in [9.17, 15) is 0 Å². The molecule has 2 aromatic heterocycles. The monoisotopic (exact) mass is 347 g/mol. The number of fused-ring (bicyclic) bond motifs is 1. The summed E-state index contributed by atoms with van der Waals surface area (Å²) in [4.78, 5) is 11.4. The number of hydrogen-bond acceptors (Lipinski definition) is 4. The quantitative estimate of drug-likeness (QED) is 0.855. The molecule has 6 heteroatoms. The summed E-state index contributed by atoms with van der Waals surface area (Å²) in [5, 5.41) is 4.33. The Morgan fingerprint density at radius 1 is 1.19 bits per heavy atom. The van der Waals surface area contributed by atoms with Gasteiger partial charge in [0.25, 0.3) is 0 Å². The van der Waals surface area contributed by atoms with Crippen molar-refractivity contribution in [3.05, 3.63) is 34.5 Å². The Morgan fingerprint density at radius 2 is 2.05 bits per heavy atom. The van der Waals surface area contributed by atoms with Crippen LogP contribution < -0.4 is 4.90 Å². The average molecular weight is 348 g/mol. The normalized spacial score (nSPS) is 18.4. The molecule has 4 rings (SSSR count). The Hall–Kier alpha value is -1.43. The van der Waals surface area contributed by atoms with Crippen molar-refractivity contribution >= 4 is 21.7 Å². The molecule has 5 nitrogen and oxygen atoms in total. The summed E-state index contributed by atoms with van der Waals surface area (Å²) in [7, 11) is 0. The highest BCUT2D eigenvalue weighted by Gasteiger charge is 2.31. The average Bonchev–Trinajstić information content (AvgIpc) is 2.87. The van der Waals surface area contributed by atoms with Crippen molar-refractivity contribution in [2.24, 2.45) is 5.92 Å². The van der Waals surface area contributed by atoms with Gasteiger partial charge < -0.3 is 4.90 Å². The van der Waals surface area contributed by atoms with Gasteiger partial charge in [-0.25, -0.2) is 9.97 Å². The van der Waals surface area contributed by atoms with Gasteiger partial charge in [-0.2, -0.15) is 5.10 Å². The van der Waals surface area contributed by atoms with E-state index in [4.69, 9.17) is 0 Å². The molecule has 110 valence electrons. The third-order valence-corrected chi connectivity index (χ3v) is 4.82. The van der Waals surface area contributed by atoms with Crippen molar-refractivity contribution in [1.82, 2.24) is 19.7 Å². The molecule has 0 amide bonds. The van der Waals surface area contributed by atoms with E-state index in [0.29, 0.717) is 5.92 Å². The zero-order chi connectivity index (χ0) is 14.2. The summed E-state index contributed by atoms with van der Waals surface area (Å²) in [6.45, 7) is 3.12. The predicted octanol–water partition coefficient (Wildman–Crippen LogP) is 2.45. The van der Waals surface area contributed by atoms with Crippen LogP contribution in [-0.4, -0.2) is 32.8 Å². The van der Waals surface area contributed by atoms with Crippen LogP contribution in [0.15, 0.2) is 23.2 Å². The van der Waals surface area contributed by atoms with E-state index in [1.54, 1.807) is 6.33 Å². The molecule has 2 aliphatic rings. The van der Waals surface area contributed by atoms with Crippen LogP contribution in [0.4, 0.5) is 5.82 Å². The van der Waals surface area contributed by atoms with Crippen LogP contribution in [0, 0.1) is 5.92 Å². The third kappa shape index (κ3) is 2.57. The van der Waals surface area contributed by atoms with Gasteiger partial charge in [0.2, 0.25) is 0 Å². The van der Waals surface area contributed by atoms with Crippen molar-refractivity contribution in [1.29, 1.82) is 0 Å². The lowest BCUT2D eigenvalue weighted by atomic mass is 9.93. The van der Waals surface area contributed by atoms with Crippen LogP contribution in [0.3, 0.4) is 0 Å². The lowest BCUT2D eigenvalue weighted by Gasteiger charge is -2.41. The van der Waals surface area contributed by atoms with Crippen molar-refractivity contribution in [3.63, 3.8) is 0 Å². The number of rotatable bonds is 3. The maximum Gasteiger partial charge on any atom is 0.135 e. The fraction of sp³-hybridized carbons (Fsp3) is 0.533. The van der Waals surface area contributed by atoms with Crippen LogP contribution in [0.2, 0.25) is 0 Å². The van der Waals surface area contributed by atoms with E-state index in [0.717, 1.165) is 36.9 Å². The Morgan fingerprint density at radius 3 is 2.86 bits per heavy atom. The lowest BCUT2D eigenvalue weighted by molar-refractivity contribution is 0.339. The maximum absolute atomic E-state index is 4.54. The zero-order valence-electron chi connectivity index (χ0n) is 11.9. The second-order valence-electron chi connectivity index (χ2n) is 5.98. The number of anilines is 1. The van der Waals surface area contributed by atoms with Crippen LogP contribution in [0.1, 0.15) is 24.1 Å². The smallest absolute Gasteiger partial charge is 0.135 e. The standard InChI is InChI=1S/C15H18BrN5/c16-12-5-19-21(9-12)8-11-6-20(7-11)15-13-3-1-2-4-14(13)17-10-18-15/h5,9-11H,1-4,6-8H2. The molecule has 2 aromatic rings. The SMILES string of the molecule is Brc1cnn(CC2CN(c3ncnc4c3CCCC4)C2)c1. The van der Waals surface area contributed by atoms with E-state index in [2.05, 4.69) is 35.9 Å². The number of hydrogen-bond donors (Lipinski definition) is 0. The molecule has 0 bridgehead atoms. The van der Waals surface area contributed by atoms with Gasteiger partial charge in [0, 0.05) is 43.0 Å². The molecule has 0 aromatic carbocycles. The number of aromatic nitrogens is 4. The molecule has 1 aliphatic carbocycles. The van der Waals surface area contributed by atoms with Crippen molar-refractivity contribution in [3.8, 4) is 0 Å². The van der Waals surface area contributed by atoms with Gasteiger partial charge >= 0.3 is 0 Å². The van der Waals surface area contributed by atoms with Gasteiger partial charge in [-0.15, -0.1) is 0 Å². The number of halogens is 1. The molecule has 0 spiro atoms. The summed E-state index contributed by atoms with van der Waals surface area (Å²) < 4.78 is 3.06. The molecule has 21 heavy (non-hydrogen) atoms. The Bertz CT molecular complexity index is 647. The minimum atomic E-state index is 0.658. The van der Waals surface area contributed by atoms with Crippen LogP contribution >= 0.6 is 15.9 Å². The van der Waals surface area contributed by atoms with Gasteiger partial charge in [-0.1, -0.05) is 0 Å². The van der Waals surface area contributed by atoms with Crippen molar-refractivity contribution in [2.75, 3.05) is 18.0 Å². The van der Waals surface area contributed by atoms with E-state index < -0.39 is 0 Å². The largest absolute Gasteiger partial charge is 0.355 e. The van der Waals surface area contributed by atoms with Crippen molar-refractivity contribution in [2.45, 2.75) is 32.2 Å². The molecule has 0 N–H and O–H groups in total. The molecule has 1 aliphatic heterocycles. The van der Waals surface area contributed by atoms with Gasteiger partial charge in [0.1, 0.15) is 12.1 Å². The molecule has 0 saturated carbocycles. The fourth-order valence-electron chi connectivity index (χ4n) is 3.34. The van der Waals surface area contributed by atoms with Crippen LogP contribution in [0.5, 0.6) is 0 Å². The van der Waals surface area contributed by atoms with Gasteiger partial charge in [0.15, 0.2) is 0 Å². The molecule has 0 radical (unpaired) electrons. The van der Waals surface area contributed by atoms with E-state index in [1.165, 1.54) is 29.9 Å². The van der Waals surface area contributed by atoms with Gasteiger partial charge in [-0.05, 0) is 41.6 Å². The first kappa shape index (κ1) is 13.2. The minimum Gasteiger partial charge on any atom is -0.355 e. The summed E-state index contributed by atoms with van der Waals surface area (Å²) in [6.07, 6.45) is 10.4. The minimum absolute atomic E-state index is 0.658. The Labute approximate surface area is 132 Å². The summed E-state index contributed by atoms with van der Waals surface area (Å²) >= 11 is 3.44. The number of nitrogens with zero attached hydrogens (tertiary/aromatic N) is 5. The third-order valence-electron chi connectivity index (χ3n) is 4.41. The Balaban J connectivity index is 1.43. The topological polar surface area (TPSA) is 46.8 Å². The first-order valence-corrected chi connectivity index (χ1v) is 8.34. The maximum atomic E-state index is 4.54. The molecule has 3 heterocycles. The molecular formula is C15H18BrN5. The van der Waals surface area contributed by atoms with Crippen molar-refractivity contribution < 1.29 is 0 Å². The highest BCUT2D eigenvalue weighted by Crippen LogP contribution is 2.31. The summed E-state index contributed by atoms with van der Waals surface area (Å²) in [5.74, 6) is 1.84. The molecule has 1 saturated heterocycles. The lowest BCUT2D eigenvalue weighted by Crippen LogP contribution is -2.49. The van der Waals surface area contributed by atoms with Gasteiger partial charge in [-0.3, -0.25) is 4.68 Å². The predicted molar refractivity (Wildman–Crippen MR) is 84.3 cm³/mol. The van der Waals surface area contributed by atoms with Crippen LogP contribution in [-0.2, 0) is 19.4 Å². The molecular weight excluding hydrogens is 330 g/mol. The first-order valence-electron chi connectivity index (χ1n) is 7.55. The second-order valence-corrected chi connectivity index (χ2v) is 6.90. The summed E-state index contributed by atoms with van der Waals surface area (Å²) in [6, 6.07) is 0. The highest BCUT2D eigenvalue weighted by atomic mass is 79.9. The fourth-order valence-corrected chi connectivity index (χ4v) is 3.67. The first-order chi connectivity index (χ1) is 10.3. The van der Waals surface area contributed by atoms with Gasteiger partial charge in [0.05, 0.1) is 10.7 Å². The molecule has 1 fully saturated rings. The van der Waals surface area contributed by atoms with E-state index >= 15 is 0 Å². The van der Waals surface area contributed by atoms with E-state index in [1.807, 2.05) is 17.1 Å². The second kappa shape index (κ2) is 5.40. The van der Waals surface area contributed by atoms with E-state index in [-0.39, 0.29) is 0 Å². The van der Waals surface area contributed by atoms with Crippen LogP contribution in [0.25, 0.3) is 0 Å².